The Morgan fingerprint density at radius 2 is 1.57 bits per heavy atom. The van der Waals surface area contributed by atoms with E-state index in [0.717, 1.165) is 46.9 Å². The largest absolute Gasteiger partial charge is 0.506 e. The predicted octanol–water partition coefficient (Wildman–Crippen LogP) is 6.38. The summed E-state index contributed by atoms with van der Waals surface area (Å²) in [5, 5.41) is 17.6. The molecule has 3 N–H and O–H groups in total. The van der Waals surface area contributed by atoms with Gasteiger partial charge in [-0.15, -0.1) is 0 Å². The Morgan fingerprint density at radius 1 is 0.784 bits per heavy atom. The van der Waals surface area contributed by atoms with E-state index in [0.29, 0.717) is 18.8 Å². The molecule has 188 valence electrons. The normalized spacial score (nSPS) is 11.1. The monoisotopic (exact) mass is 491 g/mol. The minimum absolute atomic E-state index is 0.190. The van der Waals surface area contributed by atoms with Gasteiger partial charge in [-0.1, -0.05) is 42.5 Å². The molecule has 0 saturated carbocycles. The van der Waals surface area contributed by atoms with Gasteiger partial charge in [0, 0.05) is 24.5 Å². The van der Waals surface area contributed by atoms with Gasteiger partial charge in [-0.05, 0) is 85.8 Å². The topological polar surface area (TPSA) is 75.0 Å². The molecule has 3 aromatic carbocycles. The number of fused-ring (bicyclic) bond motifs is 1. The van der Waals surface area contributed by atoms with Crippen molar-refractivity contribution in [2.75, 3.05) is 17.2 Å². The SMILES string of the molecule is Cc1cc(C)cc(NCc2ccc3nc(NCCc4ccccc4)n(Cc4nc(C)ccc4O)c3c2)c1. The molecule has 0 radical (unpaired) electrons. The molecule has 0 aliphatic rings. The number of hydrogen-bond donors (Lipinski definition) is 3. The van der Waals surface area contributed by atoms with Crippen LogP contribution in [0.5, 0.6) is 5.75 Å². The van der Waals surface area contributed by atoms with Crippen LogP contribution in [0.25, 0.3) is 11.0 Å². The Labute approximate surface area is 218 Å². The van der Waals surface area contributed by atoms with E-state index < -0.39 is 0 Å². The van der Waals surface area contributed by atoms with E-state index in [1.807, 2.05) is 19.1 Å². The lowest BCUT2D eigenvalue weighted by atomic mass is 10.1. The van der Waals surface area contributed by atoms with Crippen LogP contribution in [0, 0.1) is 20.8 Å². The number of nitrogens with one attached hydrogen (secondary N) is 2. The summed E-state index contributed by atoms with van der Waals surface area (Å²) in [6.45, 7) is 8.04. The summed E-state index contributed by atoms with van der Waals surface area (Å²) in [6, 6.07) is 26.8. The molecule has 0 unspecified atom stereocenters. The summed E-state index contributed by atoms with van der Waals surface area (Å²) in [5.74, 6) is 0.961. The van der Waals surface area contributed by atoms with Gasteiger partial charge in [-0.25, -0.2) is 4.98 Å². The molecular formula is C31H33N5O. The Morgan fingerprint density at radius 3 is 2.35 bits per heavy atom. The highest BCUT2D eigenvalue weighted by Gasteiger charge is 2.15. The molecule has 0 aliphatic carbocycles. The zero-order valence-corrected chi connectivity index (χ0v) is 21.6. The van der Waals surface area contributed by atoms with Crippen molar-refractivity contribution >= 4 is 22.7 Å². The molecule has 0 atom stereocenters. The van der Waals surface area contributed by atoms with E-state index in [1.165, 1.54) is 16.7 Å². The lowest BCUT2D eigenvalue weighted by Crippen LogP contribution is -2.12. The molecule has 6 heteroatoms. The van der Waals surface area contributed by atoms with Crippen LogP contribution in [0.15, 0.2) is 78.9 Å². The summed E-state index contributed by atoms with van der Waals surface area (Å²) in [6.07, 6.45) is 0.892. The van der Waals surface area contributed by atoms with E-state index in [1.54, 1.807) is 6.07 Å². The number of anilines is 2. The number of hydrogen-bond acceptors (Lipinski definition) is 5. The standard InChI is InChI=1S/C31H33N5O/c1-21-15-22(2)17-26(16-21)33-19-25-10-11-27-29(18-25)36(20-28-30(37)12-9-23(3)34-28)31(35-27)32-14-13-24-7-5-4-6-8-24/h4-12,15-18,33,37H,13-14,19-20H2,1-3H3,(H,32,35). The molecule has 37 heavy (non-hydrogen) atoms. The van der Waals surface area contributed by atoms with Gasteiger partial charge in [0.25, 0.3) is 0 Å². The summed E-state index contributed by atoms with van der Waals surface area (Å²) < 4.78 is 2.11. The van der Waals surface area contributed by atoms with Crippen molar-refractivity contribution in [3.63, 3.8) is 0 Å². The smallest absolute Gasteiger partial charge is 0.204 e. The first-order valence-corrected chi connectivity index (χ1v) is 12.7. The van der Waals surface area contributed by atoms with Crippen LogP contribution in [-0.4, -0.2) is 26.2 Å². The zero-order valence-electron chi connectivity index (χ0n) is 21.6. The average molecular weight is 492 g/mol. The minimum atomic E-state index is 0.190. The fraction of sp³-hybridized carbons (Fsp3) is 0.226. The summed E-state index contributed by atoms with van der Waals surface area (Å²) >= 11 is 0. The first-order chi connectivity index (χ1) is 17.9. The number of benzene rings is 3. The lowest BCUT2D eigenvalue weighted by Gasteiger charge is -2.13. The maximum absolute atomic E-state index is 10.5. The van der Waals surface area contributed by atoms with E-state index in [-0.39, 0.29) is 5.75 Å². The van der Waals surface area contributed by atoms with Crippen molar-refractivity contribution < 1.29 is 5.11 Å². The van der Waals surface area contributed by atoms with Crippen LogP contribution in [0.1, 0.15) is 33.6 Å². The average Bonchev–Trinajstić information content (AvgIpc) is 3.21. The molecule has 6 nitrogen and oxygen atoms in total. The molecule has 0 amide bonds. The van der Waals surface area contributed by atoms with Crippen molar-refractivity contribution in [2.24, 2.45) is 0 Å². The van der Waals surface area contributed by atoms with Crippen molar-refractivity contribution in [1.29, 1.82) is 0 Å². The van der Waals surface area contributed by atoms with Crippen molar-refractivity contribution in [2.45, 2.75) is 40.3 Å². The van der Waals surface area contributed by atoms with Gasteiger partial charge >= 0.3 is 0 Å². The minimum Gasteiger partial charge on any atom is -0.506 e. The Hall–Kier alpha value is -4.32. The highest BCUT2D eigenvalue weighted by molar-refractivity contribution is 5.80. The van der Waals surface area contributed by atoms with Gasteiger partial charge in [0.05, 0.1) is 17.6 Å². The van der Waals surface area contributed by atoms with Crippen LogP contribution in [-0.2, 0) is 19.5 Å². The summed E-state index contributed by atoms with van der Waals surface area (Å²) in [5.41, 5.74) is 9.44. The quantitative estimate of drug-likeness (QED) is 0.223. The fourth-order valence-corrected chi connectivity index (χ4v) is 4.69. The third kappa shape index (κ3) is 5.92. The Balaban J connectivity index is 1.44. The van der Waals surface area contributed by atoms with Gasteiger partial charge in [0.15, 0.2) is 0 Å². The molecular weight excluding hydrogens is 458 g/mol. The van der Waals surface area contributed by atoms with Crippen LogP contribution in [0.4, 0.5) is 11.6 Å². The third-order valence-corrected chi connectivity index (χ3v) is 6.47. The van der Waals surface area contributed by atoms with Crippen molar-refractivity contribution in [1.82, 2.24) is 14.5 Å². The van der Waals surface area contributed by atoms with Gasteiger partial charge < -0.3 is 20.3 Å². The van der Waals surface area contributed by atoms with Crippen molar-refractivity contribution in [3.8, 4) is 5.75 Å². The van der Waals surface area contributed by atoms with E-state index in [9.17, 15) is 5.11 Å². The summed E-state index contributed by atoms with van der Waals surface area (Å²) in [4.78, 5) is 9.50. The molecule has 0 bridgehead atoms. The Kier molecular flexibility index (Phi) is 7.08. The second kappa shape index (κ2) is 10.7. The maximum Gasteiger partial charge on any atom is 0.204 e. The molecule has 0 saturated heterocycles. The van der Waals surface area contributed by atoms with E-state index >= 15 is 0 Å². The van der Waals surface area contributed by atoms with E-state index in [2.05, 4.69) is 94.7 Å². The molecule has 5 aromatic rings. The Bertz CT molecular complexity index is 1500. The molecule has 0 fully saturated rings. The van der Waals surface area contributed by atoms with E-state index in [4.69, 9.17) is 4.98 Å². The highest BCUT2D eigenvalue weighted by atomic mass is 16.3. The molecule has 5 rings (SSSR count). The van der Waals surface area contributed by atoms with Crippen LogP contribution < -0.4 is 10.6 Å². The van der Waals surface area contributed by atoms with Gasteiger partial charge in [0.1, 0.15) is 11.4 Å². The second-order valence-electron chi connectivity index (χ2n) is 9.66. The molecule has 2 heterocycles. The first kappa shape index (κ1) is 24.4. The van der Waals surface area contributed by atoms with Gasteiger partial charge in [0.2, 0.25) is 5.95 Å². The molecule has 0 spiro atoms. The fourth-order valence-electron chi connectivity index (χ4n) is 4.69. The second-order valence-corrected chi connectivity index (χ2v) is 9.66. The third-order valence-electron chi connectivity index (χ3n) is 6.47. The number of aromatic nitrogens is 3. The van der Waals surface area contributed by atoms with Gasteiger partial charge in [-0.3, -0.25) is 4.98 Å². The van der Waals surface area contributed by atoms with Crippen LogP contribution in [0.3, 0.4) is 0 Å². The summed E-state index contributed by atoms with van der Waals surface area (Å²) in [7, 11) is 0. The highest BCUT2D eigenvalue weighted by Crippen LogP contribution is 2.26. The lowest BCUT2D eigenvalue weighted by molar-refractivity contribution is 0.461. The number of pyridine rings is 1. The molecule has 0 aliphatic heterocycles. The number of imidazole rings is 1. The van der Waals surface area contributed by atoms with Gasteiger partial charge in [-0.2, -0.15) is 0 Å². The van der Waals surface area contributed by atoms with Crippen LogP contribution >= 0.6 is 0 Å². The number of rotatable bonds is 9. The zero-order chi connectivity index (χ0) is 25.8. The maximum atomic E-state index is 10.5. The number of aromatic hydroxyl groups is 1. The predicted molar refractivity (Wildman–Crippen MR) is 151 cm³/mol. The number of nitrogens with zero attached hydrogens (tertiary/aromatic N) is 3. The van der Waals surface area contributed by atoms with Crippen molar-refractivity contribution in [3.05, 3.63) is 113 Å². The van der Waals surface area contributed by atoms with Crippen LogP contribution in [0.2, 0.25) is 0 Å². The number of aryl methyl sites for hydroxylation is 3. The first-order valence-electron chi connectivity index (χ1n) is 12.7. The molecule has 2 aromatic heterocycles.